The van der Waals surface area contributed by atoms with Gasteiger partial charge < -0.3 is 25.8 Å². The Morgan fingerprint density at radius 1 is 1.08 bits per heavy atom. The second kappa shape index (κ2) is 12.1. The third-order valence-corrected chi connectivity index (χ3v) is 7.18. The molecule has 1 aliphatic carbocycles. The number of urea groups is 1. The van der Waals surface area contributed by atoms with Crippen LogP contribution in [0.4, 0.5) is 26.2 Å². The van der Waals surface area contributed by atoms with Gasteiger partial charge in [-0.3, -0.25) is 4.79 Å². The SMILES string of the molecule is CC(C)CC1CC(Nc2ccc(C(CC(=O)O)C3CC3)cc2NC(=O)Nc2ccc(Cl)cc2F)CCO1. The summed E-state index contributed by atoms with van der Waals surface area (Å²) in [7, 11) is 0. The summed E-state index contributed by atoms with van der Waals surface area (Å²) in [5.41, 5.74) is 2.13. The van der Waals surface area contributed by atoms with Crippen LogP contribution in [0.15, 0.2) is 36.4 Å². The Bertz CT molecular complexity index is 1120. The number of benzene rings is 2. The summed E-state index contributed by atoms with van der Waals surface area (Å²) in [4.78, 5) is 24.4. The summed E-state index contributed by atoms with van der Waals surface area (Å²) in [5, 5.41) is 18.6. The van der Waals surface area contributed by atoms with Crippen molar-refractivity contribution >= 4 is 40.7 Å². The van der Waals surface area contributed by atoms with Crippen molar-refractivity contribution in [1.29, 1.82) is 0 Å². The molecule has 2 aliphatic rings. The van der Waals surface area contributed by atoms with Gasteiger partial charge in [0.1, 0.15) is 5.82 Å². The Labute approximate surface area is 222 Å². The Morgan fingerprint density at radius 2 is 1.81 bits per heavy atom. The zero-order valence-corrected chi connectivity index (χ0v) is 22.0. The van der Waals surface area contributed by atoms with E-state index in [9.17, 15) is 19.1 Å². The molecule has 2 aromatic carbocycles. The highest BCUT2D eigenvalue weighted by Gasteiger charge is 2.34. The number of carboxylic acid groups (broad SMARTS) is 1. The standard InChI is InChI=1S/C28H35ClFN3O4/c1-16(2)11-21-14-20(9-10-37-21)31-25-7-5-18(22(15-27(34)35)17-3-4-17)12-26(25)33-28(36)32-24-8-6-19(29)13-23(24)30/h5-8,12-13,16-17,20-22,31H,3-4,9-11,14-15H2,1-2H3,(H,34,35)(H2,32,33,36). The second-order valence-corrected chi connectivity index (χ2v) is 11.0. The van der Waals surface area contributed by atoms with Gasteiger partial charge in [-0.25, -0.2) is 9.18 Å². The Hall–Kier alpha value is -2.84. The third kappa shape index (κ3) is 7.82. The molecule has 37 heavy (non-hydrogen) atoms. The number of carbonyl (C=O) groups excluding carboxylic acids is 1. The van der Waals surface area contributed by atoms with Gasteiger partial charge in [0.05, 0.1) is 29.6 Å². The second-order valence-electron chi connectivity index (χ2n) is 10.5. The fourth-order valence-corrected chi connectivity index (χ4v) is 5.21. The van der Waals surface area contributed by atoms with Crippen molar-refractivity contribution < 1.29 is 23.8 Å². The van der Waals surface area contributed by atoms with Crippen LogP contribution in [0.2, 0.25) is 5.02 Å². The summed E-state index contributed by atoms with van der Waals surface area (Å²) in [6.45, 7) is 5.02. The fraction of sp³-hybridized carbons (Fsp3) is 0.500. The largest absolute Gasteiger partial charge is 0.481 e. The first-order valence-corrected chi connectivity index (χ1v) is 13.3. The molecule has 2 fully saturated rings. The summed E-state index contributed by atoms with van der Waals surface area (Å²) in [6, 6.07) is 9.29. The smallest absolute Gasteiger partial charge is 0.323 e. The molecule has 2 amide bonds. The van der Waals surface area contributed by atoms with Gasteiger partial charge in [0.15, 0.2) is 0 Å². The van der Waals surface area contributed by atoms with E-state index in [1.165, 1.54) is 12.1 Å². The first-order chi connectivity index (χ1) is 17.7. The molecule has 3 unspecified atom stereocenters. The maximum absolute atomic E-state index is 14.2. The van der Waals surface area contributed by atoms with E-state index in [1.54, 1.807) is 0 Å². The highest BCUT2D eigenvalue weighted by atomic mass is 35.5. The average molecular weight is 532 g/mol. The number of carboxylic acids is 1. The van der Waals surface area contributed by atoms with Crippen molar-refractivity contribution in [1.82, 2.24) is 0 Å². The number of amides is 2. The van der Waals surface area contributed by atoms with E-state index in [0.29, 0.717) is 24.1 Å². The first kappa shape index (κ1) is 27.2. The van der Waals surface area contributed by atoms with Gasteiger partial charge >= 0.3 is 12.0 Å². The van der Waals surface area contributed by atoms with Crippen LogP contribution in [0.3, 0.4) is 0 Å². The fourth-order valence-electron chi connectivity index (χ4n) is 5.05. The number of ether oxygens (including phenoxy) is 1. The van der Waals surface area contributed by atoms with E-state index >= 15 is 0 Å². The molecule has 0 aromatic heterocycles. The van der Waals surface area contributed by atoms with E-state index in [0.717, 1.165) is 49.4 Å². The molecule has 9 heteroatoms. The number of nitrogens with one attached hydrogen (secondary N) is 3. The topological polar surface area (TPSA) is 99.7 Å². The number of aliphatic carboxylic acids is 1. The van der Waals surface area contributed by atoms with Crippen LogP contribution in [0.25, 0.3) is 0 Å². The number of hydrogen-bond donors (Lipinski definition) is 4. The van der Waals surface area contributed by atoms with Crippen molar-refractivity contribution in [3.8, 4) is 0 Å². The lowest BCUT2D eigenvalue weighted by Gasteiger charge is -2.32. The summed E-state index contributed by atoms with van der Waals surface area (Å²) in [6.07, 6.45) is 4.87. The normalized spacial score (nSPS) is 20.4. The van der Waals surface area contributed by atoms with Gasteiger partial charge in [-0.1, -0.05) is 31.5 Å². The van der Waals surface area contributed by atoms with Crippen LogP contribution in [0.1, 0.15) is 63.9 Å². The third-order valence-electron chi connectivity index (χ3n) is 6.95. The average Bonchev–Trinajstić information content (AvgIpc) is 3.66. The van der Waals surface area contributed by atoms with Crippen LogP contribution >= 0.6 is 11.6 Å². The molecule has 0 radical (unpaired) electrons. The van der Waals surface area contributed by atoms with Gasteiger partial charge in [-0.2, -0.15) is 0 Å². The lowest BCUT2D eigenvalue weighted by molar-refractivity contribution is -0.137. The van der Waals surface area contributed by atoms with Crippen molar-refractivity contribution in [2.45, 2.75) is 70.4 Å². The Kier molecular flexibility index (Phi) is 8.92. The lowest BCUT2D eigenvalue weighted by Crippen LogP contribution is -2.35. The zero-order valence-electron chi connectivity index (χ0n) is 21.2. The highest BCUT2D eigenvalue weighted by Crippen LogP contribution is 2.45. The number of hydrogen-bond acceptors (Lipinski definition) is 4. The number of halogens is 2. The lowest BCUT2D eigenvalue weighted by atomic mass is 9.90. The van der Waals surface area contributed by atoms with E-state index < -0.39 is 17.8 Å². The predicted octanol–water partition coefficient (Wildman–Crippen LogP) is 7.10. The number of rotatable bonds is 10. The van der Waals surface area contributed by atoms with Crippen LogP contribution in [0, 0.1) is 17.7 Å². The molecule has 4 rings (SSSR count). The predicted molar refractivity (Wildman–Crippen MR) is 144 cm³/mol. The molecule has 2 aromatic rings. The minimum atomic E-state index is -0.844. The first-order valence-electron chi connectivity index (χ1n) is 12.9. The summed E-state index contributed by atoms with van der Waals surface area (Å²) >= 11 is 5.82. The monoisotopic (exact) mass is 531 g/mol. The number of carbonyl (C=O) groups is 2. The van der Waals surface area contributed by atoms with Crippen LogP contribution < -0.4 is 16.0 Å². The molecule has 0 spiro atoms. The van der Waals surface area contributed by atoms with E-state index in [-0.39, 0.29) is 35.2 Å². The summed E-state index contributed by atoms with van der Waals surface area (Å²) in [5.74, 6) is -0.744. The quantitative estimate of drug-likeness (QED) is 0.262. The van der Waals surface area contributed by atoms with Gasteiger partial charge in [0.2, 0.25) is 0 Å². The molecular weight excluding hydrogens is 497 g/mol. The van der Waals surface area contributed by atoms with Crippen molar-refractivity contribution in [3.05, 3.63) is 52.8 Å². The maximum Gasteiger partial charge on any atom is 0.323 e. The minimum Gasteiger partial charge on any atom is -0.481 e. The Balaban J connectivity index is 1.56. The Morgan fingerprint density at radius 3 is 2.49 bits per heavy atom. The molecule has 0 bridgehead atoms. The minimum absolute atomic E-state index is 0.00949. The van der Waals surface area contributed by atoms with Crippen LogP contribution in [-0.2, 0) is 9.53 Å². The molecule has 3 atom stereocenters. The molecular formula is C28H35ClFN3O4. The molecule has 1 aliphatic heterocycles. The zero-order chi connectivity index (χ0) is 26.5. The molecule has 7 nitrogen and oxygen atoms in total. The van der Waals surface area contributed by atoms with Crippen molar-refractivity contribution in [2.75, 3.05) is 22.6 Å². The van der Waals surface area contributed by atoms with Crippen molar-refractivity contribution in [2.24, 2.45) is 11.8 Å². The maximum atomic E-state index is 14.2. The molecule has 4 N–H and O–H groups in total. The van der Waals surface area contributed by atoms with E-state index in [1.807, 2.05) is 18.2 Å². The van der Waals surface area contributed by atoms with Crippen LogP contribution in [-0.4, -0.2) is 35.9 Å². The molecule has 1 saturated heterocycles. The number of anilines is 3. The van der Waals surface area contributed by atoms with E-state index in [4.69, 9.17) is 16.3 Å². The molecule has 1 heterocycles. The van der Waals surface area contributed by atoms with Gasteiger partial charge in [0.25, 0.3) is 0 Å². The van der Waals surface area contributed by atoms with Crippen molar-refractivity contribution in [3.63, 3.8) is 0 Å². The van der Waals surface area contributed by atoms with Gasteiger partial charge in [0, 0.05) is 17.7 Å². The molecule has 1 saturated carbocycles. The highest BCUT2D eigenvalue weighted by molar-refractivity contribution is 6.30. The molecule has 200 valence electrons. The van der Waals surface area contributed by atoms with E-state index in [2.05, 4.69) is 29.8 Å². The van der Waals surface area contributed by atoms with Crippen LogP contribution in [0.5, 0.6) is 0 Å². The van der Waals surface area contributed by atoms with Gasteiger partial charge in [-0.05, 0) is 85.8 Å². The van der Waals surface area contributed by atoms with Gasteiger partial charge in [-0.15, -0.1) is 0 Å². The summed E-state index contributed by atoms with van der Waals surface area (Å²) < 4.78 is 20.2.